The monoisotopic (exact) mass is 428 g/mol. The maximum Gasteiger partial charge on any atom is 0.249 e. The normalized spacial score (nSPS) is 13.2. The first-order valence-corrected chi connectivity index (χ1v) is 10.5. The van der Waals surface area contributed by atoms with E-state index in [-0.39, 0.29) is 6.54 Å². The third-order valence-electron chi connectivity index (χ3n) is 5.71. The number of hydrogen-bond acceptors (Lipinski definition) is 6. The number of primary amides is 1. The first kappa shape index (κ1) is 20.2. The van der Waals surface area contributed by atoms with E-state index in [0.29, 0.717) is 37.7 Å². The van der Waals surface area contributed by atoms with Crippen LogP contribution in [0, 0.1) is 0 Å². The Morgan fingerprint density at radius 3 is 2.75 bits per heavy atom. The molecule has 0 saturated carbocycles. The molecule has 1 aliphatic heterocycles. The number of carbonyl (C=O) groups excluding carboxylic acids is 1. The summed E-state index contributed by atoms with van der Waals surface area (Å²) in [5.41, 5.74) is 16.8. The fourth-order valence-electron chi connectivity index (χ4n) is 4.13. The van der Waals surface area contributed by atoms with E-state index in [1.54, 1.807) is 12.1 Å². The second-order valence-corrected chi connectivity index (χ2v) is 7.72. The molecule has 0 bridgehead atoms. The molecule has 5 rings (SSSR count). The van der Waals surface area contributed by atoms with Crippen LogP contribution in [-0.2, 0) is 30.9 Å². The number of nitrogens with zero attached hydrogens (tertiary/aromatic N) is 3. The van der Waals surface area contributed by atoms with E-state index in [1.807, 2.05) is 34.9 Å². The smallest absolute Gasteiger partial charge is 0.249 e. The average Bonchev–Trinajstić information content (AvgIpc) is 3.21. The zero-order valence-electron chi connectivity index (χ0n) is 17.5. The molecular formula is C24H24N6O2. The molecule has 2 aromatic carbocycles. The van der Waals surface area contributed by atoms with Crippen LogP contribution >= 0.6 is 0 Å². The van der Waals surface area contributed by atoms with Crippen LogP contribution in [0.1, 0.15) is 32.9 Å². The number of nitrogens with two attached hydrogens (primary N) is 2. The molecule has 0 spiro atoms. The fraction of sp³-hybridized carbons (Fsp3) is 0.208. The number of amides is 1. The van der Waals surface area contributed by atoms with Gasteiger partial charge in [-0.1, -0.05) is 36.4 Å². The summed E-state index contributed by atoms with van der Waals surface area (Å²) in [6.07, 6.45) is 0.703. The van der Waals surface area contributed by atoms with Gasteiger partial charge in [0.1, 0.15) is 5.82 Å². The van der Waals surface area contributed by atoms with Crippen molar-refractivity contribution in [1.29, 1.82) is 0 Å². The lowest BCUT2D eigenvalue weighted by atomic mass is 10.1. The van der Waals surface area contributed by atoms with Crippen LogP contribution in [0.5, 0.6) is 0 Å². The number of rotatable bonds is 6. The van der Waals surface area contributed by atoms with Crippen molar-refractivity contribution in [2.45, 2.75) is 26.1 Å². The molecule has 5 N–H and O–H groups in total. The number of anilines is 1. The Kier molecular flexibility index (Phi) is 5.30. The molecule has 32 heavy (non-hydrogen) atoms. The molecule has 0 atom stereocenters. The summed E-state index contributed by atoms with van der Waals surface area (Å²) < 4.78 is 7.59. The van der Waals surface area contributed by atoms with Gasteiger partial charge in [-0.25, -0.2) is 4.98 Å². The van der Waals surface area contributed by atoms with Crippen molar-refractivity contribution in [3.63, 3.8) is 0 Å². The fourth-order valence-corrected chi connectivity index (χ4v) is 4.13. The highest BCUT2D eigenvalue weighted by atomic mass is 16.5. The molecule has 162 valence electrons. The molecule has 1 amide bonds. The predicted molar refractivity (Wildman–Crippen MR) is 122 cm³/mol. The third-order valence-corrected chi connectivity index (χ3v) is 5.71. The Labute approximate surface area is 185 Å². The van der Waals surface area contributed by atoms with Crippen LogP contribution in [0.2, 0.25) is 0 Å². The maximum absolute atomic E-state index is 12.0. The van der Waals surface area contributed by atoms with Crippen LogP contribution < -0.4 is 16.8 Å². The molecule has 3 heterocycles. The summed E-state index contributed by atoms with van der Waals surface area (Å²) in [6, 6.07) is 17.5. The minimum Gasteiger partial charge on any atom is -0.376 e. The molecule has 4 aromatic rings. The van der Waals surface area contributed by atoms with E-state index >= 15 is 0 Å². The van der Waals surface area contributed by atoms with Gasteiger partial charge in [0.15, 0.2) is 0 Å². The quantitative estimate of drug-likeness (QED) is 0.434. The maximum atomic E-state index is 12.0. The summed E-state index contributed by atoms with van der Waals surface area (Å²) in [7, 11) is 0. The SMILES string of the molecule is NCc1cc2c(C(N)=O)cccc2n1-c1nc2c(c(NCc3ccccc3)n1)COCC2. The van der Waals surface area contributed by atoms with E-state index in [4.69, 9.17) is 26.2 Å². The van der Waals surface area contributed by atoms with Gasteiger partial charge in [-0.15, -0.1) is 0 Å². The number of fused-ring (bicyclic) bond motifs is 2. The molecule has 0 fully saturated rings. The molecule has 0 saturated heterocycles. The van der Waals surface area contributed by atoms with Gasteiger partial charge >= 0.3 is 0 Å². The highest BCUT2D eigenvalue weighted by Crippen LogP contribution is 2.29. The van der Waals surface area contributed by atoms with Crippen LogP contribution in [0.25, 0.3) is 16.9 Å². The topological polar surface area (TPSA) is 121 Å². The Balaban J connectivity index is 1.64. The first-order valence-electron chi connectivity index (χ1n) is 10.5. The summed E-state index contributed by atoms with van der Waals surface area (Å²) in [4.78, 5) is 21.7. The van der Waals surface area contributed by atoms with Gasteiger partial charge in [0.05, 0.1) is 24.4 Å². The highest BCUT2D eigenvalue weighted by molar-refractivity contribution is 6.06. The standard InChI is InChI=1S/C24H24N6O2/c25-12-16-11-18-17(22(26)31)7-4-8-21(18)30(16)24-28-20-9-10-32-14-19(20)23(29-24)27-13-15-5-2-1-3-6-15/h1-8,11H,9-10,12-14,25H2,(H2,26,31)(H,27,28,29). The summed E-state index contributed by atoms with van der Waals surface area (Å²) in [5, 5.41) is 4.20. The number of hydrogen-bond donors (Lipinski definition) is 3. The number of aromatic nitrogens is 3. The summed E-state index contributed by atoms with van der Waals surface area (Å²) >= 11 is 0. The van der Waals surface area contributed by atoms with Gasteiger partial charge in [-0.3, -0.25) is 9.36 Å². The largest absolute Gasteiger partial charge is 0.376 e. The van der Waals surface area contributed by atoms with Crippen molar-refractivity contribution >= 4 is 22.6 Å². The van der Waals surface area contributed by atoms with Gasteiger partial charge in [-0.2, -0.15) is 4.98 Å². The molecule has 2 aromatic heterocycles. The Bertz CT molecular complexity index is 1300. The average molecular weight is 428 g/mol. The van der Waals surface area contributed by atoms with Crippen LogP contribution in [0.15, 0.2) is 54.6 Å². The lowest BCUT2D eigenvalue weighted by Crippen LogP contribution is -2.19. The minimum absolute atomic E-state index is 0.267. The number of ether oxygens (including phenoxy) is 1. The second-order valence-electron chi connectivity index (χ2n) is 7.72. The zero-order chi connectivity index (χ0) is 22.1. The highest BCUT2D eigenvalue weighted by Gasteiger charge is 2.22. The Morgan fingerprint density at radius 1 is 1.12 bits per heavy atom. The van der Waals surface area contributed by atoms with Crippen LogP contribution in [-0.4, -0.2) is 27.0 Å². The summed E-state index contributed by atoms with van der Waals surface area (Å²) in [6.45, 7) is 1.98. The van der Waals surface area contributed by atoms with Gasteiger partial charge in [0, 0.05) is 41.7 Å². The molecule has 8 nitrogen and oxygen atoms in total. The van der Waals surface area contributed by atoms with Crippen molar-refractivity contribution in [1.82, 2.24) is 14.5 Å². The number of carbonyl (C=O) groups is 1. The van der Waals surface area contributed by atoms with E-state index < -0.39 is 5.91 Å². The van der Waals surface area contributed by atoms with Crippen LogP contribution in [0.3, 0.4) is 0 Å². The van der Waals surface area contributed by atoms with Gasteiger partial charge in [0.25, 0.3) is 0 Å². The molecular weight excluding hydrogens is 404 g/mol. The van der Waals surface area contributed by atoms with Crippen molar-refractivity contribution in [3.05, 3.63) is 82.7 Å². The zero-order valence-corrected chi connectivity index (χ0v) is 17.5. The van der Waals surface area contributed by atoms with Crippen LogP contribution in [0.4, 0.5) is 5.82 Å². The molecule has 0 aliphatic carbocycles. The van der Waals surface area contributed by atoms with Gasteiger partial charge in [0.2, 0.25) is 11.9 Å². The van der Waals surface area contributed by atoms with Gasteiger partial charge in [-0.05, 0) is 23.8 Å². The summed E-state index contributed by atoms with van der Waals surface area (Å²) in [5.74, 6) is 0.771. The third kappa shape index (κ3) is 3.59. The number of benzene rings is 2. The predicted octanol–water partition coefficient (Wildman–Crippen LogP) is 2.66. The van der Waals surface area contributed by atoms with E-state index in [0.717, 1.165) is 39.2 Å². The van der Waals surface area contributed by atoms with Crippen molar-refractivity contribution < 1.29 is 9.53 Å². The lowest BCUT2D eigenvalue weighted by molar-refractivity contribution is 0.100. The lowest BCUT2D eigenvalue weighted by Gasteiger charge is -2.21. The van der Waals surface area contributed by atoms with Gasteiger partial charge < -0.3 is 21.5 Å². The molecule has 0 radical (unpaired) electrons. The molecule has 1 aliphatic rings. The van der Waals surface area contributed by atoms with Crippen molar-refractivity contribution in [3.8, 4) is 5.95 Å². The number of nitrogens with one attached hydrogen (secondary N) is 1. The minimum atomic E-state index is -0.481. The molecule has 0 unspecified atom stereocenters. The van der Waals surface area contributed by atoms with E-state index in [9.17, 15) is 4.79 Å². The van der Waals surface area contributed by atoms with Crippen molar-refractivity contribution in [2.24, 2.45) is 11.5 Å². The second kappa shape index (κ2) is 8.41. The molecule has 8 heteroatoms. The van der Waals surface area contributed by atoms with E-state index in [2.05, 4.69) is 17.4 Å². The van der Waals surface area contributed by atoms with Crippen molar-refractivity contribution in [2.75, 3.05) is 11.9 Å². The van der Waals surface area contributed by atoms with E-state index in [1.165, 1.54) is 0 Å². The Morgan fingerprint density at radius 2 is 1.97 bits per heavy atom. The Hall–Kier alpha value is -3.75. The first-order chi connectivity index (χ1) is 15.7.